The number of nitrogens with one attached hydrogen (secondary N) is 2. The third-order valence-electron chi connectivity index (χ3n) is 2.24. The van der Waals surface area contributed by atoms with Crippen molar-refractivity contribution in [2.24, 2.45) is 0 Å². The number of hydrogen-bond donors (Lipinski definition) is 2. The van der Waals surface area contributed by atoms with Gasteiger partial charge in [0.05, 0.1) is 6.26 Å². The molecule has 0 heterocycles. The van der Waals surface area contributed by atoms with Crippen molar-refractivity contribution < 1.29 is 8.42 Å². The van der Waals surface area contributed by atoms with E-state index < -0.39 is 15.6 Å². The first-order valence-corrected chi connectivity index (χ1v) is 7.85. The lowest BCUT2D eigenvalue weighted by Crippen LogP contribution is -2.50. The quantitative estimate of drug-likeness (QED) is 0.610. The van der Waals surface area contributed by atoms with Gasteiger partial charge >= 0.3 is 0 Å². The van der Waals surface area contributed by atoms with Gasteiger partial charge in [0.25, 0.3) is 0 Å². The summed E-state index contributed by atoms with van der Waals surface area (Å²) in [5.41, 5.74) is -0.418. The van der Waals surface area contributed by atoms with Crippen molar-refractivity contribution in [1.29, 1.82) is 0 Å². The molecule has 98 valence electrons. The molecule has 0 saturated heterocycles. The summed E-state index contributed by atoms with van der Waals surface area (Å²) in [6, 6.07) is 0. The van der Waals surface area contributed by atoms with E-state index in [9.17, 15) is 8.42 Å². The summed E-state index contributed by atoms with van der Waals surface area (Å²) in [5, 5.41) is 3.28. The van der Waals surface area contributed by atoms with E-state index in [4.69, 9.17) is 0 Å². The molecule has 0 unspecified atom stereocenters. The molecule has 0 rings (SSSR count). The van der Waals surface area contributed by atoms with Crippen molar-refractivity contribution in [3.8, 4) is 0 Å². The number of unbranched alkanes of at least 4 members (excludes halogenated alkanes) is 3. The molecule has 0 fully saturated rings. The maximum atomic E-state index is 11.1. The molecule has 0 amide bonds. The van der Waals surface area contributed by atoms with Crippen molar-refractivity contribution in [3.63, 3.8) is 0 Å². The lowest BCUT2D eigenvalue weighted by molar-refractivity contribution is 0.418. The van der Waals surface area contributed by atoms with Gasteiger partial charge in [-0.25, -0.2) is 13.1 Å². The van der Waals surface area contributed by atoms with Gasteiger partial charge in [-0.05, 0) is 26.8 Å². The van der Waals surface area contributed by atoms with Crippen LogP contribution in [0.4, 0.5) is 0 Å². The second-order valence-corrected chi connectivity index (χ2v) is 6.74. The number of hydrogen-bond acceptors (Lipinski definition) is 3. The summed E-state index contributed by atoms with van der Waals surface area (Å²) in [5.74, 6) is 0. The predicted octanol–water partition coefficient (Wildman–Crippen LogP) is 1.48. The molecular formula is C11H26N2O2S. The SMILES string of the molecule is CCCCCCNCC(C)(C)NS(C)(=O)=O. The van der Waals surface area contributed by atoms with Gasteiger partial charge in [0, 0.05) is 12.1 Å². The molecule has 5 heteroatoms. The zero-order chi connectivity index (χ0) is 12.7. The molecule has 0 aliphatic rings. The maximum Gasteiger partial charge on any atom is 0.209 e. The monoisotopic (exact) mass is 250 g/mol. The van der Waals surface area contributed by atoms with E-state index in [0.29, 0.717) is 6.54 Å². The van der Waals surface area contributed by atoms with Gasteiger partial charge in [0.2, 0.25) is 10.0 Å². The topological polar surface area (TPSA) is 58.2 Å². The first kappa shape index (κ1) is 15.9. The fourth-order valence-electron chi connectivity index (χ4n) is 1.62. The summed E-state index contributed by atoms with van der Waals surface area (Å²) in [6.07, 6.45) is 6.09. The molecule has 0 aliphatic heterocycles. The van der Waals surface area contributed by atoms with Crippen LogP contribution >= 0.6 is 0 Å². The van der Waals surface area contributed by atoms with Crippen LogP contribution in [0.15, 0.2) is 0 Å². The van der Waals surface area contributed by atoms with Crippen LogP contribution in [0.2, 0.25) is 0 Å². The Morgan fingerprint density at radius 3 is 2.25 bits per heavy atom. The Kier molecular flexibility index (Phi) is 7.19. The third-order valence-corrected chi connectivity index (χ3v) is 3.16. The first-order chi connectivity index (χ1) is 7.27. The molecule has 0 aromatic heterocycles. The van der Waals surface area contributed by atoms with Gasteiger partial charge < -0.3 is 5.32 Å². The second-order valence-electron chi connectivity index (χ2n) is 5.00. The molecule has 0 bridgehead atoms. The Morgan fingerprint density at radius 2 is 1.75 bits per heavy atom. The van der Waals surface area contributed by atoms with Crippen LogP contribution in [0, 0.1) is 0 Å². The minimum absolute atomic E-state index is 0.418. The van der Waals surface area contributed by atoms with Gasteiger partial charge in [-0.3, -0.25) is 0 Å². The largest absolute Gasteiger partial charge is 0.315 e. The fraction of sp³-hybridized carbons (Fsp3) is 1.00. The van der Waals surface area contributed by atoms with Crippen LogP contribution in [0.5, 0.6) is 0 Å². The smallest absolute Gasteiger partial charge is 0.209 e. The van der Waals surface area contributed by atoms with Crippen molar-refractivity contribution >= 4 is 10.0 Å². The summed E-state index contributed by atoms with van der Waals surface area (Å²) in [7, 11) is -3.12. The van der Waals surface area contributed by atoms with Crippen LogP contribution in [-0.2, 0) is 10.0 Å². The predicted molar refractivity (Wildman–Crippen MR) is 69.1 cm³/mol. The minimum Gasteiger partial charge on any atom is -0.315 e. The van der Waals surface area contributed by atoms with Crippen LogP contribution in [0.1, 0.15) is 46.5 Å². The Bertz CT molecular complexity index is 274. The van der Waals surface area contributed by atoms with Crippen molar-refractivity contribution in [3.05, 3.63) is 0 Å². The molecule has 0 spiro atoms. The second kappa shape index (κ2) is 7.25. The molecule has 2 N–H and O–H groups in total. The molecular weight excluding hydrogens is 224 g/mol. The highest BCUT2D eigenvalue weighted by Crippen LogP contribution is 2.02. The standard InChI is InChI=1S/C11H26N2O2S/c1-5-6-7-8-9-12-10-11(2,3)13-16(4,14)15/h12-13H,5-10H2,1-4H3. The Labute approximate surface area is 100 Å². The molecule has 0 aliphatic carbocycles. The average Bonchev–Trinajstić information content (AvgIpc) is 2.06. The Balaban J connectivity index is 3.66. The van der Waals surface area contributed by atoms with Crippen molar-refractivity contribution in [2.45, 2.75) is 52.0 Å². The van der Waals surface area contributed by atoms with Gasteiger partial charge in [0.15, 0.2) is 0 Å². The van der Waals surface area contributed by atoms with Crippen LogP contribution in [0.3, 0.4) is 0 Å². The summed E-state index contributed by atoms with van der Waals surface area (Å²) in [6.45, 7) is 7.56. The summed E-state index contributed by atoms with van der Waals surface area (Å²) < 4.78 is 24.8. The van der Waals surface area contributed by atoms with Crippen LogP contribution in [0.25, 0.3) is 0 Å². The van der Waals surface area contributed by atoms with Crippen LogP contribution < -0.4 is 10.0 Å². The molecule has 0 radical (unpaired) electrons. The first-order valence-electron chi connectivity index (χ1n) is 5.96. The fourth-order valence-corrected chi connectivity index (χ4v) is 2.69. The maximum absolute atomic E-state index is 11.1. The van der Waals surface area contributed by atoms with E-state index in [2.05, 4.69) is 17.0 Å². The molecule has 4 nitrogen and oxygen atoms in total. The summed E-state index contributed by atoms with van der Waals surface area (Å²) in [4.78, 5) is 0. The Morgan fingerprint density at radius 1 is 1.12 bits per heavy atom. The minimum atomic E-state index is -3.12. The van der Waals surface area contributed by atoms with Gasteiger partial charge in [-0.15, -0.1) is 0 Å². The Hall–Kier alpha value is -0.130. The van der Waals surface area contributed by atoms with E-state index in [1.165, 1.54) is 25.5 Å². The zero-order valence-corrected chi connectivity index (χ0v) is 11.8. The number of rotatable bonds is 9. The third kappa shape index (κ3) is 10.4. The van der Waals surface area contributed by atoms with Crippen LogP contribution in [-0.4, -0.2) is 33.3 Å². The van der Waals surface area contributed by atoms with Crippen molar-refractivity contribution in [2.75, 3.05) is 19.3 Å². The molecule has 16 heavy (non-hydrogen) atoms. The summed E-state index contributed by atoms with van der Waals surface area (Å²) >= 11 is 0. The zero-order valence-electron chi connectivity index (χ0n) is 11.0. The van der Waals surface area contributed by atoms with Crippen molar-refractivity contribution in [1.82, 2.24) is 10.0 Å². The average molecular weight is 250 g/mol. The lowest BCUT2D eigenvalue weighted by atomic mass is 10.1. The van der Waals surface area contributed by atoms with E-state index in [-0.39, 0.29) is 0 Å². The highest BCUT2D eigenvalue weighted by Gasteiger charge is 2.21. The van der Waals surface area contributed by atoms with Gasteiger partial charge in [-0.2, -0.15) is 0 Å². The molecule has 0 aromatic carbocycles. The molecule has 0 atom stereocenters. The van der Waals surface area contributed by atoms with E-state index in [0.717, 1.165) is 13.0 Å². The molecule has 0 saturated carbocycles. The highest BCUT2D eigenvalue weighted by atomic mass is 32.2. The van der Waals surface area contributed by atoms with E-state index in [1.807, 2.05) is 13.8 Å². The van der Waals surface area contributed by atoms with Gasteiger partial charge in [0.1, 0.15) is 0 Å². The molecule has 0 aromatic rings. The van der Waals surface area contributed by atoms with Gasteiger partial charge in [-0.1, -0.05) is 26.2 Å². The van der Waals surface area contributed by atoms with E-state index in [1.54, 1.807) is 0 Å². The number of sulfonamides is 1. The van der Waals surface area contributed by atoms with E-state index >= 15 is 0 Å². The normalized spacial score (nSPS) is 13.0. The highest BCUT2D eigenvalue weighted by molar-refractivity contribution is 7.88. The lowest BCUT2D eigenvalue weighted by Gasteiger charge is -2.25.